The summed E-state index contributed by atoms with van der Waals surface area (Å²) in [6.45, 7) is 9.48. The Morgan fingerprint density at radius 2 is 1.92 bits per heavy atom. The number of hydrogen-bond donors (Lipinski definition) is 2. The molecule has 1 aromatic heterocycles. The number of nitrogens with one attached hydrogen (secondary N) is 2. The van der Waals surface area contributed by atoms with Gasteiger partial charge in [0.25, 0.3) is 0 Å². The zero-order chi connectivity index (χ0) is 27.5. The van der Waals surface area contributed by atoms with E-state index in [0.717, 1.165) is 0 Å². The molecule has 2 amide bonds. The summed E-state index contributed by atoms with van der Waals surface area (Å²) in [7, 11) is 1.50. The highest BCUT2D eigenvalue weighted by Gasteiger charge is 2.44. The number of carbonyl (C=O) groups excluding carboxylic acids is 2. The van der Waals surface area contributed by atoms with E-state index >= 15 is 8.78 Å². The van der Waals surface area contributed by atoms with Crippen LogP contribution >= 0.6 is 23.2 Å². The predicted octanol–water partition coefficient (Wildman–Crippen LogP) is 5.43. The van der Waals surface area contributed by atoms with Crippen LogP contribution in [-0.4, -0.2) is 46.6 Å². The molecular formula is C26H29Cl2F2N5O2. The van der Waals surface area contributed by atoms with Gasteiger partial charge < -0.3 is 15.5 Å². The van der Waals surface area contributed by atoms with E-state index in [1.54, 1.807) is 13.0 Å². The van der Waals surface area contributed by atoms with E-state index in [-0.39, 0.29) is 52.3 Å². The van der Waals surface area contributed by atoms with Crippen molar-refractivity contribution in [3.8, 4) is 0 Å². The Balaban J connectivity index is 0.00000186. The quantitative estimate of drug-likeness (QED) is 0.316. The minimum absolute atomic E-state index is 0.0133. The van der Waals surface area contributed by atoms with Gasteiger partial charge in [-0.25, -0.2) is 8.78 Å². The monoisotopic (exact) mass is 551 g/mol. The molecule has 1 saturated heterocycles. The van der Waals surface area contributed by atoms with Crippen molar-refractivity contribution in [1.29, 1.82) is 0 Å². The summed E-state index contributed by atoms with van der Waals surface area (Å²) in [4.78, 5) is 25.7. The fourth-order valence-electron chi connectivity index (χ4n) is 4.54. The van der Waals surface area contributed by atoms with E-state index in [4.69, 9.17) is 23.2 Å². The number of nitrogens with zero attached hydrogens (tertiary/aromatic N) is 3. The molecule has 4 rings (SSSR count). The summed E-state index contributed by atoms with van der Waals surface area (Å²) in [6.07, 6.45) is 1.47. The van der Waals surface area contributed by atoms with Crippen molar-refractivity contribution in [1.82, 2.24) is 20.0 Å². The van der Waals surface area contributed by atoms with Crippen LogP contribution in [0.3, 0.4) is 0 Å². The number of halogens is 4. The lowest BCUT2D eigenvalue weighted by molar-refractivity contribution is -0.125. The first-order valence-electron chi connectivity index (χ1n) is 11.8. The molecule has 3 aromatic rings. The van der Waals surface area contributed by atoms with E-state index in [1.165, 1.54) is 40.9 Å². The highest BCUT2D eigenvalue weighted by Crippen LogP contribution is 2.43. The van der Waals surface area contributed by atoms with Crippen LogP contribution in [0.4, 0.5) is 14.5 Å². The van der Waals surface area contributed by atoms with Crippen molar-refractivity contribution in [2.45, 2.75) is 39.3 Å². The van der Waals surface area contributed by atoms with Crippen molar-refractivity contribution >= 4 is 51.6 Å². The molecule has 0 radical (unpaired) electrons. The number of hydrogen-bond acceptors (Lipinski definition) is 4. The number of likely N-dealkylation sites (N-methyl/N-ethyl adjacent to an activating group) is 1. The maximum Gasteiger partial charge on any atom is 0.246 e. The van der Waals surface area contributed by atoms with E-state index in [1.807, 2.05) is 13.8 Å². The number of likely N-dealkylation sites (tertiary alicyclic amines) is 1. The van der Waals surface area contributed by atoms with Gasteiger partial charge in [0.1, 0.15) is 18.2 Å². The Labute approximate surface area is 224 Å². The highest BCUT2D eigenvalue weighted by molar-refractivity contribution is 6.42. The summed E-state index contributed by atoms with van der Waals surface area (Å²) in [5, 5.41) is 10.6. The molecule has 7 nitrogen and oxygen atoms in total. The number of aryl methyl sites for hydroxylation is 1. The largest absolute Gasteiger partial charge is 0.373 e. The van der Waals surface area contributed by atoms with Crippen molar-refractivity contribution < 1.29 is 18.4 Å². The van der Waals surface area contributed by atoms with Crippen LogP contribution in [0, 0.1) is 18.6 Å². The molecule has 1 aliphatic heterocycles. The van der Waals surface area contributed by atoms with Gasteiger partial charge in [-0.15, -0.1) is 0 Å². The normalized spacial score (nSPS) is 16.8. The number of amides is 2. The van der Waals surface area contributed by atoms with Gasteiger partial charge in [0.15, 0.2) is 0 Å². The van der Waals surface area contributed by atoms with Crippen LogP contribution in [0.2, 0.25) is 10.0 Å². The second-order valence-electron chi connectivity index (χ2n) is 8.41. The molecule has 2 N–H and O–H groups in total. The third-order valence-corrected chi connectivity index (χ3v) is 7.09. The van der Waals surface area contributed by atoms with Crippen LogP contribution in [0.1, 0.15) is 31.5 Å². The SMILES string of the molecule is C=CC(=O)N1CCC(Nc2cc(F)c3c(C)n(CC(=O)NC)nc3c2)(c2c(F)ccc(Cl)c2Cl)C1.CC. The molecule has 1 unspecified atom stereocenters. The first-order chi connectivity index (χ1) is 17.6. The van der Waals surface area contributed by atoms with Gasteiger partial charge in [0.2, 0.25) is 11.8 Å². The number of rotatable bonds is 6. The molecule has 0 aliphatic carbocycles. The van der Waals surface area contributed by atoms with Crippen LogP contribution in [-0.2, 0) is 21.7 Å². The Morgan fingerprint density at radius 1 is 1.22 bits per heavy atom. The number of fused-ring (bicyclic) bond motifs is 1. The van der Waals surface area contributed by atoms with Crippen LogP contribution in [0.25, 0.3) is 10.9 Å². The van der Waals surface area contributed by atoms with E-state index in [0.29, 0.717) is 23.4 Å². The summed E-state index contributed by atoms with van der Waals surface area (Å²) < 4.78 is 31.8. The van der Waals surface area contributed by atoms with E-state index in [2.05, 4.69) is 22.3 Å². The number of aromatic nitrogens is 2. The number of anilines is 1. The predicted molar refractivity (Wildman–Crippen MR) is 143 cm³/mol. The second-order valence-corrected chi connectivity index (χ2v) is 9.19. The Hall–Kier alpha value is -3.17. The van der Waals surface area contributed by atoms with Crippen molar-refractivity contribution in [2.75, 3.05) is 25.5 Å². The topological polar surface area (TPSA) is 79.3 Å². The third kappa shape index (κ3) is 5.43. The molecule has 1 atom stereocenters. The standard InChI is InChI=1S/C24H23Cl2F2N5O2.C2H6/c1-4-20(35)32-8-7-24(12-32,22-16(27)6-5-15(25)23(22)26)30-14-9-17(28)21-13(2)33(11-19(34)29-3)31-18(21)10-14;1-2/h4-6,9-10,30H,1,7-8,11-12H2,2-3H3,(H,29,34);1-2H3. The minimum atomic E-state index is -1.19. The van der Waals surface area contributed by atoms with Gasteiger partial charge in [-0.2, -0.15) is 5.10 Å². The summed E-state index contributed by atoms with van der Waals surface area (Å²) in [6, 6.07) is 5.45. The van der Waals surface area contributed by atoms with Crippen molar-refractivity contribution in [2.24, 2.45) is 0 Å². The maximum absolute atomic E-state index is 15.2. The average molecular weight is 552 g/mol. The molecule has 0 spiro atoms. The third-order valence-electron chi connectivity index (χ3n) is 6.28. The van der Waals surface area contributed by atoms with Gasteiger partial charge in [0, 0.05) is 37.1 Å². The average Bonchev–Trinajstić information content (AvgIpc) is 3.44. The zero-order valence-electron chi connectivity index (χ0n) is 21.1. The van der Waals surface area contributed by atoms with Gasteiger partial charge >= 0.3 is 0 Å². The van der Waals surface area contributed by atoms with Gasteiger partial charge in [-0.05, 0) is 43.7 Å². The van der Waals surface area contributed by atoms with Crippen molar-refractivity contribution in [3.05, 3.63) is 69.9 Å². The Morgan fingerprint density at radius 3 is 2.57 bits per heavy atom. The lowest BCUT2D eigenvalue weighted by Gasteiger charge is -2.33. The second kappa shape index (κ2) is 11.5. The maximum atomic E-state index is 15.2. The van der Waals surface area contributed by atoms with E-state index in [9.17, 15) is 9.59 Å². The van der Waals surface area contributed by atoms with Crippen LogP contribution in [0.5, 0.6) is 0 Å². The summed E-state index contributed by atoms with van der Waals surface area (Å²) in [5.74, 6) is -1.76. The van der Waals surface area contributed by atoms with Gasteiger partial charge in [-0.1, -0.05) is 43.6 Å². The molecule has 2 aromatic carbocycles. The molecule has 2 heterocycles. The lowest BCUT2D eigenvalue weighted by atomic mass is 9.87. The van der Waals surface area contributed by atoms with Gasteiger partial charge in [0.05, 0.1) is 26.5 Å². The molecule has 1 aliphatic rings. The summed E-state index contributed by atoms with van der Waals surface area (Å²) in [5.41, 5.74) is 0.0225. The number of carbonyl (C=O) groups is 2. The molecule has 0 saturated carbocycles. The minimum Gasteiger partial charge on any atom is -0.373 e. The summed E-state index contributed by atoms with van der Waals surface area (Å²) >= 11 is 12.6. The lowest BCUT2D eigenvalue weighted by Crippen LogP contribution is -2.41. The molecule has 37 heavy (non-hydrogen) atoms. The van der Waals surface area contributed by atoms with Crippen LogP contribution in [0.15, 0.2) is 36.9 Å². The Bertz CT molecular complexity index is 1360. The van der Waals surface area contributed by atoms with Crippen molar-refractivity contribution in [3.63, 3.8) is 0 Å². The molecule has 11 heteroatoms. The van der Waals surface area contributed by atoms with E-state index < -0.39 is 17.2 Å². The van der Waals surface area contributed by atoms with Crippen LogP contribution < -0.4 is 10.6 Å². The zero-order valence-corrected chi connectivity index (χ0v) is 22.6. The first kappa shape index (κ1) is 28.4. The first-order valence-corrected chi connectivity index (χ1v) is 12.6. The fraction of sp³-hybridized carbons (Fsp3) is 0.346. The molecule has 1 fully saturated rings. The highest BCUT2D eigenvalue weighted by atomic mass is 35.5. The Kier molecular flexibility index (Phi) is 8.81. The smallest absolute Gasteiger partial charge is 0.246 e. The molecular weight excluding hydrogens is 523 g/mol. The molecule has 198 valence electrons. The fourth-order valence-corrected chi connectivity index (χ4v) is 5.03. The number of benzene rings is 2. The molecule has 0 bridgehead atoms. The van der Waals surface area contributed by atoms with Gasteiger partial charge in [-0.3, -0.25) is 14.3 Å².